The van der Waals surface area contributed by atoms with Gasteiger partial charge in [0.1, 0.15) is 10.6 Å². The number of benzene rings is 2. The van der Waals surface area contributed by atoms with E-state index in [1.807, 2.05) is 12.1 Å². The van der Waals surface area contributed by atoms with Crippen LogP contribution in [0.15, 0.2) is 53.0 Å². The van der Waals surface area contributed by atoms with E-state index in [2.05, 4.69) is 30.8 Å². The van der Waals surface area contributed by atoms with Crippen LogP contribution in [-0.4, -0.2) is 15.5 Å². The fourth-order valence-electron chi connectivity index (χ4n) is 2.07. The molecule has 0 fully saturated rings. The lowest BCUT2D eigenvalue weighted by Crippen LogP contribution is -2.12. The van der Waals surface area contributed by atoms with Crippen molar-refractivity contribution in [3.05, 3.63) is 63.4 Å². The molecular weight excluding hydrogens is 419 g/mol. The molecular formula is C16H9BrF3N3OS. The van der Waals surface area contributed by atoms with Crippen LogP contribution < -0.4 is 5.32 Å². The Morgan fingerprint density at radius 2 is 1.68 bits per heavy atom. The van der Waals surface area contributed by atoms with Crippen LogP contribution >= 0.6 is 27.5 Å². The first kappa shape index (κ1) is 17.6. The first-order chi connectivity index (χ1) is 11.8. The summed E-state index contributed by atoms with van der Waals surface area (Å²) < 4.78 is 42.4. The maximum Gasteiger partial charge on any atom is 0.416 e. The lowest BCUT2D eigenvalue weighted by atomic mass is 10.1. The molecule has 0 saturated carbocycles. The third-order valence-corrected chi connectivity index (χ3v) is 4.54. The van der Waals surface area contributed by atoms with Crippen LogP contribution in [0, 0.1) is 0 Å². The van der Waals surface area contributed by atoms with Crippen molar-refractivity contribution in [3.63, 3.8) is 0 Å². The van der Waals surface area contributed by atoms with E-state index in [-0.39, 0.29) is 10.6 Å². The zero-order valence-corrected chi connectivity index (χ0v) is 14.7. The van der Waals surface area contributed by atoms with Crippen molar-refractivity contribution in [1.29, 1.82) is 0 Å². The number of aromatic nitrogens is 2. The summed E-state index contributed by atoms with van der Waals surface area (Å²) >= 11 is 4.25. The van der Waals surface area contributed by atoms with Crippen LogP contribution in [-0.2, 0) is 6.18 Å². The third kappa shape index (κ3) is 4.05. The number of halogens is 4. The number of alkyl halides is 3. The van der Waals surface area contributed by atoms with Crippen LogP contribution in [0.1, 0.15) is 15.2 Å². The number of amides is 1. The Labute approximate surface area is 153 Å². The SMILES string of the molecule is O=C(Nc1ccc(C(F)(F)F)cc1)c1snnc1-c1ccc(Br)cc1. The van der Waals surface area contributed by atoms with Gasteiger partial charge in [-0.25, -0.2) is 0 Å². The van der Waals surface area contributed by atoms with E-state index in [0.29, 0.717) is 5.69 Å². The molecule has 2 aromatic carbocycles. The van der Waals surface area contributed by atoms with Gasteiger partial charge in [0.05, 0.1) is 5.56 Å². The van der Waals surface area contributed by atoms with Crippen LogP contribution in [0.4, 0.5) is 18.9 Å². The maximum absolute atomic E-state index is 12.6. The first-order valence-electron chi connectivity index (χ1n) is 6.91. The summed E-state index contributed by atoms with van der Waals surface area (Å²) in [4.78, 5) is 12.7. The number of rotatable bonds is 3. The molecule has 0 aliphatic rings. The van der Waals surface area contributed by atoms with Crippen molar-refractivity contribution < 1.29 is 18.0 Å². The van der Waals surface area contributed by atoms with E-state index in [1.54, 1.807) is 12.1 Å². The molecule has 4 nitrogen and oxygen atoms in total. The predicted molar refractivity (Wildman–Crippen MR) is 92.4 cm³/mol. The average molecular weight is 428 g/mol. The number of anilines is 1. The zero-order chi connectivity index (χ0) is 18.0. The normalized spacial score (nSPS) is 11.4. The van der Waals surface area contributed by atoms with E-state index in [4.69, 9.17) is 0 Å². The Bertz CT molecular complexity index is 892. The average Bonchev–Trinajstić information content (AvgIpc) is 3.05. The molecule has 0 unspecified atom stereocenters. The number of carbonyl (C=O) groups excluding carboxylic acids is 1. The van der Waals surface area contributed by atoms with Gasteiger partial charge in [-0.05, 0) is 47.9 Å². The first-order valence-corrected chi connectivity index (χ1v) is 8.48. The maximum atomic E-state index is 12.6. The van der Waals surface area contributed by atoms with Gasteiger partial charge in [-0.15, -0.1) is 5.10 Å². The Morgan fingerprint density at radius 3 is 2.28 bits per heavy atom. The van der Waals surface area contributed by atoms with Gasteiger partial charge in [0, 0.05) is 15.7 Å². The van der Waals surface area contributed by atoms with Crippen molar-refractivity contribution in [2.24, 2.45) is 0 Å². The molecule has 0 aliphatic carbocycles. The Hall–Kier alpha value is -2.26. The number of carbonyl (C=O) groups is 1. The Morgan fingerprint density at radius 1 is 1.04 bits per heavy atom. The van der Waals surface area contributed by atoms with Crippen LogP contribution in [0.2, 0.25) is 0 Å². The predicted octanol–water partition coefficient (Wildman–Crippen LogP) is 5.24. The minimum Gasteiger partial charge on any atom is -0.321 e. The molecule has 128 valence electrons. The van der Waals surface area contributed by atoms with Crippen molar-refractivity contribution in [2.75, 3.05) is 5.32 Å². The second kappa shape index (κ2) is 6.93. The number of nitrogens with one attached hydrogen (secondary N) is 1. The van der Waals surface area contributed by atoms with E-state index in [9.17, 15) is 18.0 Å². The minimum absolute atomic E-state index is 0.258. The molecule has 9 heteroatoms. The summed E-state index contributed by atoms with van der Waals surface area (Å²) in [5, 5.41) is 6.53. The number of hydrogen-bond donors (Lipinski definition) is 1. The van der Waals surface area contributed by atoms with Crippen LogP contribution in [0.3, 0.4) is 0 Å². The number of hydrogen-bond acceptors (Lipinski definition) is 4. The van der Waals surface area contributed by atoms with E-state index >= 15 is 0 Å². The summed E-state index contributed by atoms with van der Waals surface area (Å²) in [7, 11) is 0. The minimum atomic E-state index is -4.42. The zero-order valence-electron chi connectivity index (χ0n) is 12.3. The van der Waals surface area contributed by atoms with Crippen molar-refractivity contribution in [2.45, 2.75) is 6.18 Å². The van der Waals surface area contributed by atoms with E-state index in [1.165, 1.54) is 12.1 Å². The Kier molecular flexibility index (Phi) is 4.87. The van der Waals surface area contributed by atoms with Gasteiger partial charge in [-0.3, -0.25) is 4.79 Å². The lowest BCUT2D eigenvalue weighted by Gasteiger charge is -2.08. The van der Waals surface area contributed by atoms with Gasteiger partial charge >= 0.3 is 6.18 Å². The summed E-state index contributed by atoms with van der Waals surface area (Å²) in [6.07, 6.45) is -4.42. The van der Waals surface area contributed by atoms with Crippen molar-refractivity contribution in [1.82, 2.24) is 9.59 Å². The summed E-state index contributed by atoms with van der Waals surface area (Å²) in [5.74, 6) is -0.479. The van der Waals surface area contributed by atoms with Gasteiger partial charge in [0.2, 0.25) is 0 Å². The smallest absolute Gasteiger partial charge is 0.321 e. The molecule has 0 bridgehead atoms. The Balaban J connectivity index is 1.81. The molecule has 25 heavy (non-hydrogen) atoms. The standard InChI is InChI=1S/C16H9BrF3N3OS/c17-11-5-1-9(2-6-11)13-14(25-23-22-13)15(24)21-12-7-3-10(4-8-12)16(18,19)20/h1-8H,(H,21,24). The summed E-state index contributed by atoms with van der Waals surface area (Å²) in [6.45, 7) is 0. The molecule has 0 saturated heterocycles. The van der Waals surface area contributed by atoms with E-state index < -0.39 is 17.6 Å². The van der Waals surface area contributed by atoms with Crippen LogP contribution in [0.5, 0.6) is 0 Å². The molecule has 0 spiro atoms. The molecule has 0 aliphatic heterocycles. The molecule has 1 amide bonds. The molecule has 1 heterocycles. The monoisotopic (exact) mass is 427 g/mol. The van der Waals surface area contributed by atoms with Gasteiger partial charge in [0.15, 0.2) is 0 Å². The van der Waals surface area contributed by atoms with Gasteiger partial charge in [-0.2, -0.15) is 13.2 Å². The molecule has 1 aromatic heterocycles. The topological polar surface area (TPSA) is 54.9 Å². The fraction of sp³-hybridized carbons (Fsp3) is 0.0625. The van der Waals surface area contributed by atoms with Gasteiger partial charge in [-0.1, -0.05) is 32.6 Å². The van der Waals surface area contributed by atoms with Gasteiger partial charge in [0.25, 0.3) is 5.91 Å². The fourth-order valence-corrected chi connectivity index (χ4v) is 2.91. The summed E-state index contributed by atoms with van der Waals surface area (Å²) in [6, 6.07) is 11.4. The second-order valence-corrected chi connectivity index (χ2v) is 6.66. The highest BCUT2D eigenvalue weighted by atomic mass is 79.9. The van der Waals surface area contributed by atoms with Crippen molar-refractivity contribution in [3.8, 4) is 11.3 Å². The highest BCUT2D eigenvalue weighted by molar-refractivity contribution is 9.10. The molecule has 0 atom stereocenters. The number of nitrogens with zero attached hydrogens (tertiary/aromatic N) is 2. The molecule has 3 aromatic rings. The molecule has 0 radical (unpaired) electrons. The highest BCUT2D eigenvalue weighted by Crippen LogP contribution is 2.30. The molecule has 1 N–H and O–H groups in total. The van der Waals surface area contributed by atoms with Crippen molar-refractivity contribution >= 4 is 39.1 Å². The quantitative estimate of drug-likeness (QED) is 0.621. The molecule has 3 rings (SSSR count). The lowest BCUT2D eigenvalue weighted by molar-refractivity contribution is -0.137. The largest absolute Gasteiger partial charge is 0.416 e. The van der Waals surface area contributed by atoms with Crippen LogP contribution in [0.25, 0.3) is 11.3 Å². The third-order valence-electron chi connectivity index (χ3n) is 3.28. The highest BCUT2D eigenvalue weighted by Gasteiger charge is 2.30. The van der Waals surface area contributed by atoms with E-state index in [0.717, 1.165) is 33.7 Å². The van der Waals surface area contributed by atoms with Gasteiger partial charge < -0.3 is 5.32 Å². The summed E-state index contributed by atoms with van der Waals surface area (Å²) in [5.41, 5.74) is 0.616. The second-order valence-electron chi connectivity index (χ2n) is 4.99.